The van der Waals surface area contributed by atoms with Gasteiger partial charge in [-0.2, -0.15) is 0 Å². The predicted molar refractivity (Wildman–Crippen MR) is 405 cm³/mol. The molecule has 0 amide bonds. The maximum absolute atomic E-state index is 13.1. The third-order valence-corrected chi connectivity index (χ3v) is 20.8. The molecular formula is C80H156O17P2. The van der Waals surface area contributed by atoms with Crippen LogP contribution in [0.5, 0.6) is 0 Å². The minimum Gasteiger partial charge on any atom is -0.462 e. The molecule has 0 rings (SSSR count). The van der Waals surface area contributed by atoms with Crippen LogP contribution in [0.2, 0.25) is 0 Å². The fourth-order valence-corrected chi connectivity index (χ4v) is 14.0. The zero-order valence-electron chi connectivity index (χ0n) is 64.5. The van der Waals surface area contributed by atoms with Crippen molar-refractivity contribution in [2.24, 2.45) is 0 Å². The standard InChI is InChI=1S/C80H156O17P2/c1-5-9-13-17-20-23-26-28-30-32-34-36-38-40-42-44-46-48-51-53-57-61-65-78(83)91-71-76(97-80(85)67-63-59-55-52-49-47-45-43-41-39-37-35-33-31-29-27-24-21-18-14-10-6-2)73-95-99(88,89)93-69-74(81)68-92-98(86,87)94-72-75(70-90-77(82)64-60-56-16-12-8-4)96-79(84)66-62-58-54-50-25-22-19-15-11-7-3/h74-76,81H,5-73H2,1-4H3,(H,86,87)(H,88,89)/t74-,75+,76+/m0/s1. The van der Waals surface area contributed by atoms with E-state index in [1.165, 1.54) is 257 Å². The average molecular weight is 1450 g/mol. The fourth-order valence-electron chi connectivity index (χ4n) is 12.5. The molecule has 0 aromatic heterocycles. The molecule has 0 aliphatic carbocycles. The van der Waals surface area contributed by atoms with Gasteiger partial charge in [0.1, 0.15) is 19.3 Å². The zero-order chi connectivity index (χ0) is 72.5. The van der Waals surface area contributed by atoms with Gasteiger partial charge < -0.3 is 33.8 Å². The van der Waals surface area contributed by atoms with Crippen LogP contribution in [0.15, 0.2) is 0 Å². The lowest BCUT2D eigenvalue weighted by molar-refractivity contribution is -0.161. The van der Waals surface area contributed by atoms with Gasteiger partial charge in [-0.3, -0.25) is 37.3 Å². The Balaban J connectivity index is 5.06. The van der Waals surface area contributed by atoms with Crippen molar-refractivity contribution in [2.75, 3.05) is 39.6 Å². The Morgan fingerprint density at radius 1 is 0.242 bits per heavy atom. The van der Waals surface area contributed by atoms with Crippen molar-refractivity contribution in [1.29, 1.82) is 0 Å². The quantitative estimate of drug-likeness (QED) is 0.0222. The first-order valence-corrected chi connectivity index (χ1v) is 44.8. The smallest absolute Gasteiger partial charge is 0.462 e. The van der Waals surface area contributed by atoms with Gasteiger partial charge in [0.25, 0.3) is 0 Å². The van der Waals surface area contributed by atoms with Crippen LogP contribution in [0, 0.1) is 0 Å². The summed E-state index contributed by atoms with van der Waals surface area (Å²) >= 11 is 0. The fraction of sp³-hybridized carbons (Fsp3) is 0.950. The lowest BCUT2D eigenvalue weighted by Crippen LogP contribution is -2.30. The van der Waals surface area contributed by atoms with Gasteiger partial charge in [-0.1, -0.05) is 381 Å². The molecule has 0 radical (unpaired) electrons. The summed E-state index contributed by atoms with van der Waals surface area (Å²) in [5.41, 5.74) is 0. The topological polar surface area (TPSA) is 237 Å². The number of phosphoric ester groups is 2. The SMILES string of the molecule is CCCCCCCCCCCCCCCCCCCCCCCCC(=O)OC[C@H](COP(=O)(O)OC[C@@H](O)COP(=O)(O)OC[C@@H](COC(=O)CCCCCCC)OC(=O)CCCCCCCCCCCC)OC(=O)CCCCCCCCCCCCCCCCCCCCCCCC. The van der Waals surface area contributed by atoms with Crippen molar-refractivity contribution >= 4 is 39.5 Å². The number of esters is 4. The van der Waals surface area contributed by atoms with Crippen LogP contribution in [0.4, 0.5) is 0 Å². The molecule has 3 N–H and O–H groups in total. The van der Waals surface area contributed by atoms with Gasteiger partial charge in [-0.05, 0) is 25.7 Å². The molecule has 0 saturated carbocycles. The van der Waals surface area contributed by atoms with Crippen LogP contribution in [-0.4, -0.2) is 96.7 Å². The van der Waals surface area contributed by atoms with E-state index in [-0.39, 0.29) is 25.7 Å². The number of hydrogen-bond acceptors (Lipinski definition) is 15. The van der Waals surface area contributed by atoms with Gasteiger partial charge in [0.05, 0.1) is 26.4 Å². The van der Waals surface area contributed by atoms with E-state index in [4.69, 9.17) is 37.0 Å². The summed E-state index contributed by atoms with van der Waals surface area (Å²) in [6.07, 6.45) is 67.4. The first-order chi connectivity index (χ1) is 48.2. The molecule has 0 bridgehead atoms. The van der Waals surface area contributed by atoms with Crippen LogP contribution < -0.4 is 0 Å². The lowest BCUT2D eigenvalue weighted by atomic mass is 10.0. The van der Waals surface area contributed by atoms with E-state index in [2.05, 4.69) is 27.7 Å². The Morgan fingerprint density at radius 2 is 0.404 bits per heavy atom. The summed E-state index contributed by atoms with van der Waals surface area (Å²) in [5, 5.41) is 10.6. The molecule has 2 unspecified atom stereocenters. The minimum absolute atomic E-state index is 0.106. The summed E-state index contributed by atoms with van der Waals surface area (Å²) in [5.74, 6) is -2.12. The molecule has 5 atom stereocenters. The van der Waals surface area contributed by atoms with E-state index >= 15 is 0 Å². The van der Waals surface area contributed by atoms with Gasteiger partial charge >= 0.3 is 39.5 Å². The second-order valence-electron chi connectivity index (χ2n) is 28.8. The molecule has 0 aliphatic rings. The zero-order valence-corrected chi connectivity index (χ0v) is 66.3. The van der Waals surface area contributed by atoms with Crippen LogP contribution in [0.1, 0.15) is 432 Å². The van der Waals surface area contributed by atoms with Crippen molar-refractivity contribution < 1.29 is 80.2 Å². The number of carbonyl (C=O) groups excluding carboxylic acids is 4. The van der Waals surface area contributed by atoms with Gasteiger partial charge in [0.2, 0.25) is 0 Å². The van der Waals surface area contributed by atoms with Gasteiger partial charge in [0.15, 0.2) is 12.2 Å². The number of rotatable bonds is 81. The molecule has 0 aliphatic heterocycles. The van der Waals surface area contributed by atoms with Crippen molar-refractivity contribution in [3.63, 3.8) is 0 Å². The van der Waals surface area contributed by atoms with Gasteiger partial charge in [0, 0.05) is 25.7 Å². The normalized spacial score (nSPS) is 13.8. The summed E-state index contributed by atoms with van der Waals surface area (Å²) in [6.45, 7) is 4.90. The second kappa shape index (κ2) is 74.3. The highest BCUT2D eigenvalue weighted by Gasteiger charge is 2.30. The Morgan fingerprint density at radius 3 is 0.596 bits per heavy atom. The van der Waals surface area contributed by atoms with Crippen molar-refractivity contribution in [2.45, 2.75) is 451 Å². The van der Waals surface area contributed by atoms with E-state index in [0.29, 0.717) is 25.7 Å². The van der Waals surface area contributed by atoms with E-state index in [9.17, 15) is 43.2 Å². The molecule has 99 heavy (non-hydrogen) atoms. The van der Waals surface area contributed by atoms with E-state index in [1.807, 2.05) is 0 Å². The number of phosphoric acid groups is 2. The molecule has 19 heteroatoms. The molecule has 17 nitrogen and oxygen atoms in total. The van der Waals surface area contributed by atoms with E-state index in [1.54, 1.807) is 0 Å². The number of aliphatic hydroxyl groups excluding tert-OH is 1. The van der Waals surface area contributed by atoms with Crippen LogP contribution in [0.3, 0.4) is 0 Å². The molecule has 0 heterocycles. The van der Waals surface area contributed by atoms with Crippen molar-refractivity contribution in [1.82, 2.24) is 0 Å². The first kappa shape index (κ1) is 97.1. The second-order valence-corrected chi connectivity index (χ2v) is 31.7. The maximum Gasteiger partial charge on any atom is 0.472 e. The minimum atomic E-state index is -4.96. The van der Waals surface area contributed by atoms with Crippen molar-refractivity contribution in [3.05, 3.63) is 0 Å². The molecule has 0 aromatic rings. The molecule has 0 fully saturated rings. The maximum atomic E-state index is 13.1. The highest BCUT2D eigenvalue weighted by molar-refractivity contribution is 7.47. The third-order valence-electron chi connectivity index (χ3n) is 18.9. The van der Waals surface area contributed by atoms with Gasteiger partial charge in [-0.15, -0.1) is 0 Å². The van der Waals surface area contributed by atoms with Crippen LogP contribution in [-0.2, 0) is 65.4 Å². The summed E-state index contributed by atoms with van der Waals surface area (Å²) in [4.78, 5) is 72.5. The molecular weight excluding hydrogens is 1290 g/mol. The Labute approximate surface area is 607 Å². The Hall–Kier alpha value is -1.94. The summed E-state index contributed by atoms with van der Waals surface area (Å²) < 4.78 is 68.3. The predicted octanol–water partition coefficient (Wildman–Crippen LogP) is 24.2. The number of carbonyl (C=O) groups is 4. The summed E-state index contributed by atoms with van der Waals surface area (Å²) in [7, 11) is -9.90. The number of ether oxygens (including phenoxy) is 4. The lowest BCUT2D eigenvalue weighted by Gasteiger charge is -2.21. The summed E-state index contributed by atoms with van der Waals surface area (Å²) in [6, 6.07) is 0. The van der Waals surface area contributed by atoms with Crippen LogP contribution in [0.25, 0.3) is 0 Å². The Bertz CT molecular complexity index is 1880. The highest BCUT2D eigenvalue weighted by Crippen LogP contribution is 2.45. The molecule has 0 saturated heterocycles. The van der Waals surface area contributed by atoms with E-state index < -0.39 is 97.5 Å². The Kier molecular flexibility index (Phi) is 72.9. The van der Waals surface area contributed by atoms with Gasteiger partial charge in [-0.25, -0.2) is 9.13 Å². The molecule has 0 spiro atoms. The molecule has 588 valence electrons. The molecule has 0 aromatic carbocycles. The number of aliphatic hydroxyl groups is 1. The van der Waals surface area contributed by atoms with E-state index in [0.717, 1.165) is 96.3 Å². The number of hydrogen-bond donors (Lipinski definition) is 3. The first-order valence-electron chi connectivity index (χ1n) is 41.8. The third kappa shape index (κ3) is 74.1. The number of unbranched alkanes of at least 4 members (excludes halogenated alkanes) is 55. The van der Waals surface area contributed by atoms with Crippen LogP contribution >= 0.6 is 15.6 Å². The van der Waals surface area contributed by atoms with Crippen molar-refractivity contribution in [3.8, 4) is 0 Å². The largest absolute Gasteiger partial charge is 0.472 e. The average Bonchev–Trinajstić information content (AvgIpc) is 1.02. The monoisotopic (exact) mass is 1450 g/mol. The highest BCUT2D eigenvalue weighted by atomic mass is 31.2.